The first kappa shape index (κ1) is 15.1. The molecule has 0 spiro atoms. The summed E-state index contributed by atoms with van der Waals surface area (Å²) in [5.74, 6) is 0.249. The van der Waals surface area contributed by atoms with Crippen molar-refractivity contribution >= 4 is 23.2 Å². The van der Waals surface area contributed by atoms with Crippen molar-refractivity contribution in [2.24, 2.45) is 5.92 Å². The summed E-state index contributed by atoms with van der Waals surface area (Å²) < 4.78 is 13.6. The zero-order chi connectivity index (χ0) is 14.0. The first-order chi connectivity index (χ1) is 8.99. The molecule has 0 radical (unpaired) electrons. The van der Waals surface area contributed by atoms with Gasteiger partial charge in [-0.05, 0) is 43.4 Å². The van der Waals surface area contributed by atoms with Crippen molar-refractivity contribution in [1.29, 1.82) is 0 Å². The molecule has 0 bridgehead atoms. The van der Waals surface area contributed by atoms with Crippen LogP contribution in [0.2, 0.25) is 10.0 Å². The molecule has 0 heterocycles. The van der Waals surface area contributed by atoms with Gasteiger partial charge in [-0.3, -0.25) is 0 Å². The summed E-state index contributed by atoms with van der Waals surface area (Å²) >= 11 is 11.9. The maximum absolute atomic E-state index is 13.6. The number of benzene rings is 1. The van der Waals surface area contributed by atoms with Gasteiger partial charge in [0.1, 0.15) is 5.82 Å². The second-order valence-electron chi connectivity index (χ2n) is 5.54. The highest BCUT2D eigenvalue weighted by molar-refractivity contribution is 6.35. The largest absolute Gasteiger partial charge is 0.307 e. The van der Waals surface area contributed by atoms with Crippen LogP contribution in [0, 0.1) is 11.7 Å². The molecule has 0 aliphatic heterocycles. The maximum atomic E-state index is 13.6. The molecule has 1 aliphatic carbocycles. The van der Waals surface area contributed by atoms with Gasteiger partial charge in [-0.1, -0.05) is 43.0 Å². The van der Waals surface area contributed by atoms with E-state index in [2.05, 4.69) is 12.2 Å². The fourth-order valence-corrected chi connectivity index (χ4v) is 3.39. The third kappa shape index (κ3) is 3.62. The Morgan fingerprint density at radius 1 is 1.21 bits per heavy atom. The molecule has 2 rings (SSSR count). The minimum absolute atomic E-state index is 0.0322. The maximum Gasteiger partial charge on any atom is 0.142 e. The molecule has 3 unspecified atom stereocenters. The van der Waals surface area contributed by atoms with Crippen LogP contribution in [0.25, 0.3) is 0 Å². The highest BCUT2D eigenvalue weighted by Crippen LogP contribution is 2.31. The Balaban J connectivity index is 2.11. The van der Waals surface area contributed by atoms with Gasteiger partial charge >= 0.3 is 0 Å². The van der Waals surface area contributed by atoms with E-state index in [0.29, 0.717) is 17.0 Å². The molecule has 1 aromatic rings. The first-order valence-corrected chi connectivity index (χ1v) is 7.65. The summed E-state index contributed by atoms with van der Waals surface area (Å²) in [4.78, 5) is 0. The Morgan fingerprint density at radius 2 is 1.89 bits per heavy atom. The van der Waals surface area contributed by atoms with E-state index < -0.39 is 5.82 Å². The van der Waals surface area contributed by atoms with Gasteiger partial charge in [-0.15, -0.1) is 0 Å². The average Bonchev–Trinajstić information content (AvgIpc) is 2.36. The number of nitrogens with one attached hydrogen (secondary N) is 1. The van der Waals surface area contributed by atoms with Crippen molar-refractivity contribution < 1.29 is 4.39 Å². The van der Waals surface area contributed by atoms with Gasteiger partial charge in [0.15, 0.2) is 0 Å². The van der Waals surface area contributed by atoms with Gasteiger partial charge in [0.2, 0.25) is 0 Å². The molecule has 1 fully saturated rings. The van der Waals surface area contributed by atoms with Crippen LogP contribution in [0.1, 0.15) is 51.1 Å². The van der Waals surface area contributed by atoms with Gasteiger partial charge in [0, 0.05) is 17.1 Å². The number of hydrogen-bond acceptors (Lipinski definition) is 1. The smallest absolute Gasteiger partial charge is 0.142 e. The van der Waals surface area contributed by atoms with E-state index in [-0.39, 0.29) is 11.1 Å². The van der Waals surface area contributed by atoms with E-state index in [4.69, 9.17) is 23.2 Å². The summed E-state index contributed by atoms with van der Waals surface area (Å²) in [5, 5.41) is 4.18. The predicted molar refractivity (Wildman–Crippen MR) is 79.4 cm³/mol. The van der Waals surface area contributed by atoms with Crippen molar-refractivity contribution in [2.75, 3.05) is 0 Å². The van der Waals surface area contributed by atoms with Crippen molar-refractivity contribution in [3.63, 3.8) is 0 Å². The van der Waals surface area contributed by atoms with E-state index in [1.165, 1.54) is 37.8 Å². The van der Waals surface area contributed by atoms with E-state index in [1.54, 1.807) is 0 Å². The molecule has 0 amide bonds. The predicted octanol–water partition coefficient (Wildman–Crippen LogP) is 5.36. The molecule has 1 saturated carbocycles. The number of hydrogen-bond donors (Lipinski definition) is 1. The Labute approximate surface area is 124 Å². The molecule has 1 aromatic carbocycles. The third-order valence-electron chi connectivity index (χ3n) is 4.08. The Bertz CT molecular complexity index is 450. The van der Waals surface area contributed by atoms with Crippen LogP contribution in [-0.2, 0) is 0 Å². The minimum Gasteiger partial charge on any atom is -0.307 e. The first-order valence-electron chi connectivity index (χ1n) is 6.89. The van der Waals surface area contributed by atoms with Crippen LogP contribution in [0.4, 0.5) is 4.39 Å². The molecule has 106 valence electrons. The molecule has 1 N–H and O–H groups in total. The van der Waals surface area contributed by atoms with Crippen molar-refractivity contribution in [1.82, 2.24) is 5.32 Å². The number of halogens is 3. The molecule has 0 aromatic heterocycles. The van der Waals surface area contributed by atoms with Crippen molar-refractivity contribution in [3.05, 3.63) is 33.6 Å². The number of rotatable bonds is 3. The lowest BCUT2D eigenvalue weighted by Gasteiger charge is -2.32. The van der Waals surface area contributed by atoms with Gasteiger partial charge in [0.05, 0.1) is 5.02 Å². The molecular formula is C15H20Cl2FN. The summed E-state index contributed by atoms with van der Waals surface area (Å²) in [6.45, 7) is 4.30. The molecule has 19 heavy (non-hydrogen) atoms. The van der Waals surface area contributed by atoms with Gasteiger partial charge in [-0.2, -0.15) is 0 Å². The molecule has 0 saturated heterocycles. The summed E-state index contributed by atoms with van der Waals surface area (Å²) in [6.07, 6.45) is 5.01. The fourth-order valence-electron chi connectivity index (χ4n) is 2.84. The minimum atomic E-state index is -0.411. The standard InChI is InChI=1S/C15H20Cl2FN/c1-9-5-3-4-6-15(9)19-10(2)11-7-14(18)13(17)8-12(11)16/h7-10,15,19H,3-6H2,1-2H3. The lowest BCUT2D eigenvalue weighted by Crippen LogP contribution is -2.38. The van der Waals surface area contributed by atoms with E-state index in [0.717, 1.165) is 5.56 Å². The Morgan fingerprint density at radius 3 is 2.58 bits per heavy atom. The normalized spacial score (nSPS) is 25.3. The summed E-state index contributed by atoms with van der Waals surface area (Å²) in [6, 6.07) is 3.44. The van der Waals surface area contributed by atoms with Gasteiger partial charge < -0.3 is 5.32 Å². The van der Waals surface area contributed by atoms with Crippen molar-refractivity contribution in [2.45, 2.75) is 51.6 Å². The topological polar surface area (TPSA) is 12.0 Å². The zero-order valence-corrected chi connectivity index (χ0v) is 12.9. The van der Waals surface area contributed by atoms with Crippen LogP contribution in [-0.4, -0.2) is 6.04 Å². The van der Waals surface area contributed by atoms with Gasteiger partial charge in [0.25, 0.3) is 0 Å². The van der Waals surface area contributed by atoms with E-state index >= 15 is 0 Å². The molecule has 1 aliphatic rings. The lowest BCUT2D eigenvalue weighted by molar-refractivity contribution is 0.263. The van der Waals surface area contributed by atoms with Crippen molar-refractivity contribution in [3.8, 4) is 0 Å². The second-order valence-corrected chi connectivity index (χ2v) is 6.36. The van der Waals surface area contributed by atoms with Crippen LogP contribution in [0.15, 0.2) is 12.1 Å². The van der Waals surface area contributed by atoms with Crippen LogP contribution >= 0.6 is 23.2 Å². The van der Waals surface area contributed by atoms with Crippen LogP contribution in [0.5, 0.6) is 0 Å². The molecule has 4 heteroatoms. The lowest BCUT2D eigenvalue weighted by atomic mass is 9.85. The second kappa shape index (κ2) is 6.43. The highest BCUT2D eigenvalue weighted by atomic mass is 35.5. The summed E-state index contributed by atoms with van der Waals surface area (Å²) in [7, 11) is 0. The zero-order valence-electron chi connectivity index (χ0n) is 11.3. The third-order valence-corrected chi connectivity index (χ3v) is 4.70. The molecule has 3 atom stereocenters. The SMILES string of the molecule is CC(NC1CCCCC1C)c1cc(F)c(Cl)cc1Cl. The van der Waals surface area contributed by atoms with Crippen LogP contribution < -0.4 is 5.32 Å². The Kier molecular flexibility index (Phi) is 5.10. The Hall–Kier alpha value is -0.310. The monoisotopic (exact) mass is 303 g/mol. The average molecular weight is 304 g/mol. The van der Waals surface area contributed by atoms with E-state index in [9.17, 15) is 4.39 Å². The highest BCUT2D eigenvalue weighted by Gasteiger charge is 2.24. The van der Waals surface area contributed by atoms with Crippen LogP contribution in [0.3, 0.4) is 0 Å². The summed E-state index contributed by atoms with van der Waals surface area (Å²) in [5.41, 5.74) is 0.779. The van der Waals surface area contributed by atoms with E-state index in [1.807, 2.05) is 6.92 Å². The molecular weight excluding hydrogens is 284 g/mol. The molecule has 1 nitrogen and oxygen atoms in total. The fraction of sp³-hybridized carbons (Fsp3) is 0.600. The quantitative estimate of drug-likeness (QED) is 0.741. The van der Waals surface area contributed by atoms with Gasteiger partial charge in [-0.25, -0.2) is 4.39 Å².